The summed E-state index contributed by atoms with van der Waals surface area (Å²) in [4.78, 5) is 14.7. The van der Waals surface area contributed by atoms with Gasteiger partial charge < -0.3 is 5.32 Å². The van der Waals surface area contributed by atoms with Crippen molar-refractivity contribution in [2.45, 2.75) is 6.18 Å². The summed E-state index contributed by atoms with van der Waals surface area (Å²) in [7, 11) is 0. The summed E-state index contributed by atoms with van der Waals surface area (Å²) in [5.74, 6) is -0.534. The van der Waals surface area contributed by atoms with Crippen LogP contribution in [0.1, 0.15) is 16.1 Å². The minimum atomic E-state index is -4.44. The van der Waals surface area contributed by atoms with E-state index in [9.17, 15) is 18.0 Å². The first-order chi connectivity index (χ1) is 7.45. The molecule has 1 rings (SSSR count). The van der Waals surface area contributed by atoms with Crippen molar-refractivity contribution in [2.75, 3.05) is 6.54 Å². The molecule has 86 valence electrons. The maximum atomic E-state index is 12.2. The maximum Gasteiger partial charge on any atom is 0.417 e. The van der Waals surface area contributed by atoms with E-state index in [1.807, 2.05) is 0 Å². The van der Waals surface area contributed by atoms with Crippen molar-refractivity contribution in [1.82, 2.24) is 10.3 Å². The quantitative estimate of drug-likeness (QED) is 0.807. The molecule has 0 unspecified atom stereocenters. The second kappa shape index (κ2) is 4.78. The number of carbonyl (C=O) groups is 1. The Morgan fingerprint density at radius 3 is 2.62 bits per heavy atom. The normalized spacial score (nSPS) is 10.9. The summed E-state index contributed by atoms with van der Waals surface area (Å²) in [6, 6.07) is 1.84. The van der Waals surface area contributed by atoms with Gasteiger partial charge in [-0.25, -0.2) is 0 Å². The van der Waals surface area contributed by atoms with Crippen molar-refractivity contribution in [1.29, 1.82) is 0 Å². The van der Waals surface area contributed by atoms with Crippen molar-refractivity contribution < 1.29 is 18.0 Å². The van der Waals surface area contributed by atoms with E-state index in [2.05, 4.69) is 16.9 Å². The Labute approximate surface area is 90.0 Å². The van der Waals surface area contributed by atoms with Gasteiger partial charge in [0.05, 0.1) is 5.56 Å². The molecule has 0 saturated carbocycles. The smallest absolute Gasteiger partial charge is 0.347 e. The minimum Gasteiger partial charge on any atom is -0.347 e. The van der Waals surface area contributed by atoms with Crippen molar-refractivity contribution in [3.63, 3.8) is 0 Å². The van der Waals surface area contributed by atoms with E-state index in [-0.39, 0.29) is 12.2 Å². The summed E-state index contributed by atoms with van der Waals surface area (Å²) < 4.78 is 36.5. The molecule has 0 aliphatic carbocycles. The zero-order valence-electron chi connectivity index (χ0n) is 8.21. The van der Waals surface area contributed by atoms with Crippen molar-refractivity contribution in [2.24, 2.45) is 0 Å². The number of hydrogen-bond acceptors (Lipinski definition) is 2. The zero-order valence-corrected chi connectivity index (χ0v) is 8.21. The van der Waals surface area contributed by atoms with Gasteiger partial charge in [-0.2, -0.15) is 13.2 Å². The predicted molar refractivity (Wildman–Crippen MR) is 51.8 cm³/mol. The van der Waals surface area contributed by atoms with Crippen LogP contribution in [-0.2, 0) is 6.18 Å². The van der Waals surface area contributed by atoms with Gasteiger partial charge in [-0.05, 0) is 12.1 Å². The van der Waals surface area contributed by atoms with Crippen LogP contribution in [0.2, 0.25) is 0 Å². The number of nitrogens with one attached hydrogen (secondary N) is 1. The Morgan fingerprint density at radius 2 is 2.19 bits per heavy atom. The van der Waals surface area contributed by atoms with E-state index in [1.165, 1.54) is 6.08 Å². The van der Waals surface area contributed by atoms with Gasteiger partial charge in [-0.15, -0.1) is 6.58 Å². The molecule has 0 aliphatic heterocycles. The number of carbonyl (C=O) groups excluding carboxylic acids is 1. The number of amides is 1. The molecule has 0 atom stereocenters. The maximum absolute atomic E-state index is 12.2. The average Bonchev–Trinajstić information content (AvgIpc) is 2.25. The molecule has 0 fully saturated rings. The second-order valence-electron chi connectivity index (χ2n) is 2.93. The van der Waals surface area contributed by atoms with Crippen LogP contribution in [0.3, 0.4) is 0 Å². The van der Waals surface area contributed by atoms with Gasteiger partial charge in [-0.3, -0.25) is 9.78 Å². The summed E-state index contributed by atoms with van der Waals surface area (Å²) in [6.45, 7) is 3.63. The van der Waals surface area contributed by atoms with E-state index in [0.29, 0.717) is 6.20 Å². The Kier molecular flexibility index (Phi) is 3.65. The molecule has 0 radical (unpaired) electrons. The monoisotopic (exact) mass is 230 g/mol. The standard InChI is InChI=1S/C10H9F3N2O/c1-2-5-14-9(16)8-4-3-7(6-15-8)10(11,12)13/h2-4,6H,1,5H2,(H,14,16). The SMILES string of the molecule is C=CCNC(=O)c1ccc(C(F)(F)F)cn1. The molecule has 0 saturated heterocycles. The Bertz CT molecular complexity index is 384. The van der Waals surface area contributed by atoms with E-state index < -0.39 is 17.6 Å². The van der Waals surface area contributed by atoms with Crippen LogP contribution < -0.4 is 5.32 Å². The summed E-state index contributed by atoms with van der Waals surface area (Å²) in [6.07, 6.45) is -2.35. The third-order valence-corrected chi connectivity index (χ3v) is 1.73. The van der Waals surface area contributed by atoms with Gasteiger partial charge in [0.25, 0.3) is 5.91 Å². The Morgan fingerprint density at radius 1 is 1.50 bits per heavy atom. The molecule has 0 spiro atoms. The number of halogens is 3. The lowest BCUT2D eigenvalue weighted by atomic mass is 10.2. The highest BCUT2D eigenvalue weighted by molar-refractivity contribution is 5.92. The van der Waals surface area contributed by atoms with Crippen molar-refractivity contribution in [3.8, 4) is 0 Å². The number of hydrogen-bond donors (Lipinski definition) is 1. The highest BCUT2D eigenvalue weighted by Crippen LogP contribution is 2.28. The van der Waals surface area contributed by atoms with Gasteiger partial charge in [0.2, 0.25) is 0 Å². The number of aromatic nitrogens is 1. The fraction of sp³-hybridized carbons (Fsp3) is 0.200. The van der Waals surface area contributed by atoms with Gasteiger partial charge in [0.15, 0.2) is 0 Å². The minimum absolute atomic E-state index is 0.0603. The topological polar surface area (TPSA) is 42.0 Å². The number of nitrogens with zero attached hydrogens (tertiary/aromatic N) is 1. The fourth-order valence-corrected chi connectivity index (χ4v) is 0.951. The predicted octanol–water partition coefficient (Wildman–Crippen LogP) is 2.02. The van der Waals surface area contributed by atoms with Crippen LogP contribution in [0.5, 0.6) is 0 Å². The number of pyridine rings is 1. The molecule has 1 amide bonds. The molecular formula is C10H9F3N2O. The highest BCUT2D eigenvalue weighted by Gasteiger charge is 2.30. The first-order valence-corrected chi connectivity index (χ1v) is 4.37. The average molecular weight is 230 g/mol. The van der Waals surface area contributed by atoms with Crippen LogP contribution in [0, 0.1) is 0 Å². The van der Waals surface area contributed by atoms with Gasteiger partial charge in [0.1, 0.15) is 5.69 Å². The van der Waals surface area contributed by atoms with E-state index >= 15 is 0 Å². The largest absolute Gasteiger partial charge is 0.417 e. The summed E-state index contributed by atoms with van der Waals surface area (Å²) in [5, 5.41) is 2.41. The highest BCUT2D eigenvalue weighted by atomic mass is 19.4. The number of rotatable bonds is 3. The lowest BCUT2D eigenvalue weighted by molar-refractivity contribution is -0.137. The van der Waals surface area contributed by atoms with E-state index in [4.69, 9.17) is 0 Å². The lowest BCUT2D eigenvalue weighted by Gasteiger charge is -2.06. The first kappa shape index (κ1) is 12.2. The van der Waals surface area contributed by atoms with Crippen molar-refractivity contribution in [3.05, 3.63) is 42.2 Å². The summed E-state index contributed by atoms with van der Waals surface area (Å²) >= 11 is 0. The van der Waals surface area contributed by atoms with Crippen molar-refractivity contribution >= 4 is 5.91 Å². The van der Waals surface area contributed by atoms with Crippen LogP contribution >= 0.6 is 0 Å². The molecule has 3 nitrogen and oxygen atoms in total. The third kappa shape index (κ3) is 3.08. The van der Waals surface area contributed by atoms with Gasteiger partial charge in [-0.1, -0.05) is 6.08 Å². The lowest BCUT2D eigenvalue weighted by Crippen LogP contribution is -2.24. The van der Waals surface area contributed by atoms with Gasteiger partial charge >= 0.3 is 6.18 Å². The fourth-order valence-electron chi connectivity index (χ4n) is 0.951. The molecule has 0 bridgehead atoms. The Hall–Kier alpha value is -1.85. The molecule has 1 heterocycles. The van der Waals surface area contributed by atoms with E-state index in [0.717, 1.165) is 12.1 Å². The second-order valence-corrected chi connectivity index (χ2v) is 2.93. The zero-order chi connectivity index (χ0) is 12.2. The molecule has 0 aromatic carbocycles. The molecule has 1 N–H and O–H groups in total. The number of alkyl halides is 3. The molecule has 1 aromatic rings. The molecular weight excluding hydrogens is 221 g/mol. The molecule has 1 aromatic heterocycles. The summed E-state index contributed by atoms with van der Waals surface area (Å²) in [5.41, 5.74) is -0.942. The molecule has 0 aliphatic rings. The first-order valence-electron chi connectivity index (χ1n) is 4.37. The van der Waals surface area contributed by atoms with E-state index in [1.54, 1.807) is 0 Å². The van der Waals surface area contributed by atoms with Gasteiger partial charge in [0, 0.05) is 12.7 Å². The third-order valence-electron chi connectivity index (χ3n) is 1.73. The van der Waals surface area contributed by atoms with Crippen LogP contribution in [-0.4, -0.2) is 17.4 Å². The Balaban J connectivity index is 2.79. The van der Waals surface area contributed by atoms with Crippen LogP contribution in [0.4, 0.5) is 13.2 Å². The van der Waals surface area contributed by atoms with Crippen LogP contribution in [0.15, 0.2) is 31.0 Å². The molecule has 6 heteroatoms. The molecule has 16 heavy (non-hydrogen) atoms. The van der Waals surface area contributed by atoms with Crippen LogP contribution in [0.25, 0.3) is 0 Å².